The van der Waals surface area contributed by atoms with Crippen LogP contribution in [0.25, 0.3) is 0 Å². The fourth-order valence-corrected chi connectivity index (χ4v) is 3.86. The lowest BCUT2D eigenvalue weighted by atomic mass is 9.77. The highest BCUT2D eigenvalue weighted by Gasteiger charge is 2.24. The maximum Gasteiger partial charge on any atom is 0.220 e. The second kappa shape index (κ2) is 10.1. The van der Waals surface area contributed by atoms with Crippen LogP contribution in [0.3, 0.4) is 0 Å². The summed E-state index contributed by atoms with van der Waals surface area (Å²) >= 11 is 0. The minimum atomic E-state index is 0.0787. The molecule has 3 heteroatoms. The van der Waals surface area contributed by atoms with Crippen molar-refractivity contribution < 1.29 is 9.21 Å². The summed E-state index contributed by atoms with van der Waals surface area (Å²) in [6.45, 7) is 5.17. The molecule has 1 amide bonds. The van der Waals surface area contributed by atoms with Gasteiger partial charge < -0.3 is 9.73 Å². The van der Waals surface area contributed by atoms with E-state index in [1.54, 1.807) is 6.26 Å². The first-order valence-corrected chi connectivity index (χ1v) is 10.5. The molecule has 3 nitrogen and oxygen atoms in total. The second-order valence-corrected chi connectivity index (χ2v) is 7.90. The Morgan fingerprint density at radius 3 is 2.31 bits per heavy atom. The average molecular weight is 390 g/mol. The first-order chi connectivity index (χ1) is 14.1. The van der Waals surface area contributed by atoms with Crippen molar-refractivity contribution in [2.45, 2.75) is 50.9 Å². The first-order valence-electron chi connectivity index (χ1n) is 10.5. The van der Waals surface area contributed by atoms with Gasteiger partial charge in [0.1, 0.15) is 5.76 Å². The van der Waals surface area contributed by atoms with E-state index < -0.39 is 0 Å². The summed E-state index contributed by atoms with van der Waals surface area (Å²) in [7, 11) is 0. The maximum atomic E-state index is 12.5. The molecule has 0 aliphatic rings. The molecule has 29 heavy (non-hydrogen) atoms. The van der Waals surface area contributed by atoms with Crippen molar-refractivity contribution in [2.24, 2.45) is 0 Å². The third kappa shape index (κ3) is 5.60. The number of benzene rings is 2. The quantitative estimate of drug-likeness (QED) is 0.457. The van der Waals surface area contributed by atoms with Crippen molar-refractivity contribution in [3.8, 4) is 0 Å². The third-order valence-corrected chi connectivity index (χ3v) is 6.00. The van der Waals surface area contributed by atoms with Crippen LogP contribution in [-0.2, 0) is 10.2 Å². The molecule has 0 fully saturated rings. The molecule has 0 saturated carbocycles. The van der Waals surface area contributed by atoms with E-state index in [9.17, 15) is 4.79 Å². The number of amides is 1. The van der Waals surface area contributed by atoms with Gasteiger partial charge in [0, 0.05) is 18.9 Å². The number of hydrogen-bond donors (Lipinski definition) is 1. The standard InChI is InChI=1S/C26H31NO2/c1-3-26(2,22-13-8-5-9-14-22)18-19-27-25(28)17-16-23(24-15-10-20-29-24)21-11-6-4-7-12-21/h4-15,20,23H,3,16-19H2,1-2H3,(H,27,28)/t23-,26-/m0/s1. The van der Waals surface area contributed by atoms with Crippen LogP contribution in [-0.4, -0.2) is 12.5 Å². The van der Waals surface area contributed by atoms with Crippen LogP contribution in [0.2, 0.25) is 0 Å². The number of hydrogen-bond acceptors (Lipinski definition) is 2. The summed E-state index contributed by atoms with van der Waals surface area (Å²) in [6.07, 6.45) is 4.88. The average Bonchev–Trinajstić information content (AvgIpc) is 3.30. The molecular formula is C26H31NO2. The van der Waals surface area contributed by atoms with E-state index in [2.05, 4.69) is 55.6 Å². The van der Waals surface area contributed by atoms with Crippen molar-refractivity contribution >= 4 is 5.91 Å². The van der Waals surface area contributed by atoms with E-state index in [0.717, 1.165) is 25.0 Å². The highest BCUT2D eigenvalue weighted by atomic mass is 16.3. The molecule has 3 rings (SSSR count). The molecular weight excluding hydrogens is 358 g/mol. The summed E-state index contributed by atoms with van der Waals surface area (Å²) in [4.78, 5) is 12.5. The molecule has 0 radical (unpaired) electrons. The van der Waals surface area contributed by atoms with Gasteiger partial charge >= 0.3 is 0 Å². The van der Waals surface area contributed by atoms with Crippen LogP contribution in [0, 0.1) is 0 Å². The van der Waals surface area contributed by atoms with E-state index in [-0.39, 0.29) is 17.2 Å². The number of rotatable bonds is 10. The number of carbonyl (C=O) groups excluding carboxylic acids is 1. The van der Waals surface area contributed by atoms with Gasteiger partial charge in [0.2, 0.25) is 5.91 Å². The summed E-state index contributed by atoms with van der Waals surface area (Å²) in [5.74, 6) is 1.11. The highest BCUT2D eigenvalue weighted by molar-refractivity contribution is 5.76. The minimum absolute atomic E-state index is 0.0787. The number of carbonyl (C=O) groups is 1. The van der Waals surface area contributed by atoms with Crippen LogP contribution in [0.4, 0.5) is 0 Å². The second-order valence-electron chi connectivity index (χ2n) is 7.90. The largest absolute Gasteiger partial charge is 0.469 e. The Balaban J connectivity index is 1.53. The molecule has 1 aromatic heterocycles. The maximum absolute atomic E-state index is 12.5. The Labute approximate surface area is 174 Å². The lowest BCUT2D eigenvalue weighted by molar-refractivity contribution is -0.121. The lowest BCUT2D eigenvalue weighted by Crippen LogP contribution is -2.31. The molecule has 1 heterocycles. The fourth-order valence-electron chi connectivity index (χ4n) is 3.86. The molecule has 3 aromatic rings. The molecule has 2 aromatic carbocycles. The van der Waals surface area contributed by atoms with Gasteiger partial charge in [0.05, 0.1) is 6.26 Å². The van der Waals surface area contributed by atoms with E-state index in [0.29, 0.717) is 13.0 Å². The Morgan fingerprint density at radius 2 is 1.69 bits per heavy atom. The predicted molar refractivity (Wildman–Crippen MR) is 118 cm³/mol. The van der Waals surface area contributed by atoms with Crippen LogP contribution >= 0.6 is 0 Å². The highest BCUT2D eigenvalue weighted by Crippen LogP contribution is 2.31. The van der Waals surface area contributed by atoms with Gasteiger partial charge in [-0.05, 0) is 47.9 Å². The van der Waals surface area contributed by atoms with Gasteiger partial charge in [-0.1, -0.05) is 74.5 Å². The zero-order chi connectivity index (χ0) is 20.5. The molecule has 2 atom stereocenters. The summed E-state index contributed by atoms with van der Waals surface area (Å²) in [6, 6.07) is 24.7. The van der Waals surface area contributed by atoms with E-state index in [1.807, 2.05) is 36.4 Å². The van der Waals surface area contributed by atoms with Gasteiger partial charge in [-0.2, -0.15) is 0 Å². The van der Waals surface area contributed by atoms with Crippen LogP contribution in [0.15, 0.2) is 83.5 Å². The van der Waals surface area contributed by atoms with Crippen molar-refractivity contribution in [1.82, 2.24) is 5.32 Å². The summed E-state index contributed by atoms with van der Waals surface area (Å²) in [5.41, 5.74) is 2.59. The molecule has 152 valence electrons. The Bertz CT molecular complexity index is 858. The molecule has 1 N–H and O–H groups in total. The van der Waals surface area contributed by atoms with Crippen molar-refractivity contribution in [3.63, 3.8) is 0 Å². The normalized spacial score (nSPS) is 14.1. The van der Waals surface area contributed by atoms with Gasteiger partial charge in [-0.15, -0.1) is 0 Å². The van der Waals surface area contributed by atoms with Crippen LogP contribution in [0.1, 0.15) is 62.3 Å². The smallest absolute Gasteiger partial charge is 0.220 e. The SMILES string of the molecule is CC[C@@](C)(CCNC(=O)CC[C@@H](c1ccccc1)c1ccco1)c1ccccc1. The predicted octanol–water partition coefficient (Wildman–Crippen LogP) is 6.07. The summed E-state index contributed by atoms with van der Waals surface area (Å²) < 4.78 is 5.64. The van der Waals surface area contributed by atoms with Crippen molar-refractivity contribution in [3.05, 3.63) is 95.9 Å². The third-order valence-electron chi connectivity index (χ3n) is 6.00. The Hall–Kier alpha value is -2.81. The van der Waals surface area contributed by atoms with Gasteiger partial charge in [-0.3, -0.25) is 4.79 Å². The molecule has 0 aliphatic carbocycles. The number of nitrogens with one attached hydrogen (secondary N) is 1. The van der Waals surface area contributed by atoms with Crippen molar-refractivity contribution in [2.75, 3.05) is 6.54 Å². The minimum Gasteiger partial charge on any atom is -0.469 e. The zero-order valence-corrected chi connectivity index (χ0v) is 17.4. The topological polar surface area (TPSA) is 42.2 Å². The molecule has 0 aliphatic heterocycles. The molecule has 0 saturated heterocycles. The monoisotopic (exact) mass is 389 g/mol. The lowest BCUT2D eigenvalue weighted by Gasteiger charge is -2.29. The van der Waals surface area contributed by atoms with Crippen LogP contribution in [0.5, 0.6) is 0 Å². The first kappa shape index (κ1) is 20.9. The zero-order valence-electron chi connectivity index (χ0n) is 17.4. The molecule has 0 spiro atoms. The molecule has 0 bridgehead atoms. The Morgan fingerprint density at radius 1 is 1.00 bits per heavy atom. The fraction of sp³-hybridized carbons (Fsp3) is 0.346. The van der Waals surface area contributed by atoms with Gasteiger partial charge in [0.15, 0.2) is 0 Å². The summed E-state index contributed by atoms with van der Waals surface area (Å²) in [5, 5.41) is 3.12. The van der Waals surface area contributed by atoms with E-state index >= 15 is 0 Å². The van der Waals surface area contributed by atoms with Crippen LogP contribution < -0.4 is 5.32 Å². The molecule has 0 unspecified atom stereocenters. The van der Waals surface area contributed by atoms with Gasteiger partial charge in [-0.25, -0.2) is 0 Å². The van der Waals surface area contributed by atoms with E-state index in [4.69, 9.17) is 4.42 Å². The van der Waals surface area contributed by atoms with Gasteiger partial charge in [0.25, 0.3) is 0 Å². The van der Waals surface area contributed by atoms with Crippen molar-refractivity contribution in [1.29, 1.82) is 0 Å². The number of furan rings is 1. The Kier molecular flexibility index (Phi) is 7.29. The van der Waals surface area contributed by atoms with E-state index in [1.165, 1.54) is 11.1 Å².